The molecule has 0 bridgehead atoms. The third-order valence-corrected chi connectivity index (χ3v) is 0.937. The Morgan fingerprint density at radius 2 is 2.57 bits per heavy atom. The van der Waals surface area contributed by atoms with E-state index in [4.69, 9.17) is 9.84 Å². The fourth-order valence-electron chi connectivity index (χ4n) is 0.508. The first kappa shape index (κ1) is 5.06. The van der Waals surface area contributed by atoms with Gasteiger partial charge in [0.2, 0.25) is 0 Å². The van der Waals surface area contributed by atoms with Crippen LogP contribution in [0, 0.1) is 6.92 Å². The molecule has 1 rings (SSSR count). The molecule has 1 heterocycles. The second-order valence-corrected chi connectivity index (χ2v) is 1.84. The van der Waals surface area contributed by atoms with Gasteiger partial charge in [-0.1, -0.05) is 0 Å². The van der Waals surface area contributed by atoms with Gasteiger partial charge in [0.15, 0.2) is 0 Å². The van der Waals surface area contributed by atoms with Gasteiger partial charge in [-0.2, -0.15) is 0 Å². The lowest BCUT2D eigenvalue weighted by molar-refractivity contribution is 0.194. The molecule has 2 atom stereocenters. The number of aliphatic hydroxyl groups excluding tert-OH is 1. The van der Waals surface area contributed by atoms with E-state index in [0.29, 0.717) is 12.5 Å². The van der Waals surface area contributed by atoms with Gasteiger partial charge in [-0.05, 0) is 6.92 Å². The van der Waals surface area contributed by atoms with E-state index in [1.165, 1.54) is 0 Å². The van der Waals surface area contributed by atoms with Gasteiger partial charge in [0.25, 0.3) is 0 Å². The molecule has 0 spiro atoms. The highest BCUT2D eigenvalue weighted by atomic mass is 16.6. The number of ether oxygens (including phenoxy) is 1. The van der Waals surface area contributed by atoms with Gasteiger partial charge in [-0.3, -0.25) is 0 Å². The summed E-state index contributed by atoms with van der Waals surface area (Å²) in [5.74, 6) is 0. The predicted octanol–water partition coefficient (Wildman–Crippen LogP) is -0.0297. The molecule has 2 heteroatoms. The topological polar surface area (TPSA) is 32.8 Å². The average molecular weight is 101 g/mol. The summed E-state index contributed by atoms with van der Waals surface area (Å²) in [6.45, 7) is 4.21. The molecule has 0 amide bonds. The molecule has 41 valence electrons. The Balaban J connectivity index is 1.97. The largest absolute Gasteiger partial charge is 0.393 e. The summed E-state index contributed by atoms with van der Waals surface area (Å²) >= 11 is 0. The zero-order valence-electron chi connectivity index (χ0n) is 4.13. The van der Waals surface area contributed by atoms with Crippen molar-refractivity contribution in [3.63, 3.8) is 0 Å². The Morgan fingerprint density at radius 3 is 2.71 bits per heavy atom. The van der Waals surface area contributed by atoms with Gasteiger partial charge in [0.05, 0.1) is 18.8 Å². The molecular weight excluding hydrogens is 92.1 g/mol. The van der Waals surface area contributed by atoms with Gasteiger partial charge in [0.1, 0.15) is 0 Å². The minimum Gasteiger partial charge on any atom is -0.393 e. The fourth-order valence-corrected chi connectivity index (χ4v) is 0.508. The lowest BCUT2D eigenvalue weighted by Gasteiger charge is -1.95. The summed E-state index contributed by atoms with van der Waals surface area (Å²) in [6, 6.07) is 0. The lowest BCUT2D eigenvalue weighted by atomic mass is 10.2. The standard InChI is InChI=1S/C5H9O2/c1-4(6)2-5-3-7-5/h4-6H,1-3H2. The maximum absolute atomic E-state index is 8.57. The van der Waals surface area contributed by atoms with Crippen molar-refractivity contribution in [1.82, 2.24) is 0 Å². The highest BCUT2D eigenvalue weighted by Gasteiger charge is 2.23. The normalized spacial score (nSPS) is 32.6. The maximum atomic E-state index is 8.57. The van der Waals surface area contributed by atoms with E-state index >= 15 is 0 Å². The molecule has 1 aliphatic heterocycles. The number of epoxide rings is 1. The summed E-state index contributed by atoms with van der Waals surface area (Å²) in [7, 11) is 0. The van der Waals surface area contributed by atoms with Gasteiger partial charge >= 0.3 is 0 Å². The summed E-state index contributed by atoms with van der Waals surface area (Å²) in [4.78, 5) is 0. The zero-order chi connectivity index (χ0) is 5.28. The molecule has 0 saturated carbocycles. The van der Waals surface area contributed by atoms with Crippen LogP contribution in [0.4, 0.5) is 0 Å². The molecule has 1 aliphatic rings. The fraction of sp³-hybridized carbons (Fsp3) is 0.800. The number of hydrogen-bond donors (Lipinski definition) is 1. The van der Waals surface area contributed by atoms with Crippen LogP contribution < -0.4 is 0 Å². The minimum absolute atomic E-state index is 0.312. The first-order valence-electron chi connectivity index (χ1n) is 2.42. The van der Waals surface area contributed by atoms with E-state index in [0.717, 1.165) is 6.61 Å². The Hall–Kier alpha value is -0.0800. The Bertz CT molecular complexity index is 57.1. The average Bonchev–Trinajstić information content (AvgIpc) is 2.17. The molecule has 1 radical (unpaired) electrons. The number of hydrogen-bond acceptors (Lipinski definition) is 2. The van der Waals surface area contributed by atoms with Gasteiger partial charge < -0.3 is 9.84 Å². The van der Waals surface area contributed by atoms with Crippen molar-refractivity contribution in [2.24, 2.45) is 0 Å². The van der Waals surface area contributed by atoms with Crippen LogP contribution in [0.5, 0.6) is 0 Å². The second-order valence-electron chi connectivity index (χ2n) is 1.84. The highest BCUT2D eigenvalue weighted by Crippen LogP contribution is 2.14. The predicted molar refractivity (Wildman–Crippen MR) is 25.7 cm³/mol. The van der Waals surface area contributed by atoms with Crippen LogP contribution in [0.15, 0.2) is 0 Å². The van der Waals surface area contributed by atoms with Crippen LogP contribution in [-0.4, -0.2) is 23.9 Å². The summed E-state index contributed by atoms with van der Waals surface area (Å²) in [5.41, 5.74) is 0. The highest BCUT2D eigenvalue weighted by molar-refractivity contribution is 4.73. The van der Waals surface area contributed by atoms with E-state index in [-0.39, 0.29) is 0 Å². The molecule has 0 aliphatic carbocycles. The van der Waals surface area contributed by atoms with Crippen molar-refractivity contribution < 1.29 is 9.84 Å². The third-order valence-electron chi connectivity index (χ3n) is 0.937. The maximum Gasteiger partial charge on any atom is 0.0834 e. The quantitative estimate of drug-likeness (QED) is 0.495. The van der Waals surface area contributed by atoms with Crippen molar-refractivity contribution in [1.29, 1.82) is 0 Å². The van der Waals surface area contributed by atoms with E-state index in [1.54, 1.807) is 0 Å². The van der Waals surface area contributed by atoms with Gasteiger partial charge in [-0.15, -0.1) is 0 Å². The monoisotopic (exact) mass is 101 g/mol. The Morgan fingerprint density at radius 1 is 2.00 bits per heavy atom. The molecule has 0 aromatic rings. The third kappa shape index (κ3) is 1.90. The summed E-state index contributed by atoms with van der Waals surface area (Å²) in [6.07, 6.45) is 0.569. The Kier molecular flexibility index (Phi) is 1.30. The lowest BCUT2D eigenvalue weighted by Crippen LogP contribution is -2.03. The van der Waals surface area contributed by atoms with Gasteiger partial charge in [-0.25, -0.2) is 0 Å². The van der Waals surface area contributed by atoms with Crippen molar-refractivity contribution in [2.75, 3.05) is 6.61 Å². The van der Waals surface area contributed by atoms with E-state index in [2.05, 4.69) is 6.92 Å². The van der Waals surface area contributed by atoms with Crippen molar-refractivity contribution in [2.45, 2.75) is 18.6 Å². The van der Waals surface area contributed by atoms with E-state index in [1.807, 2.05) is 0 Å². The summed E-state index contributed by atoms with van der Waals surface area (Å²) < 4.78 is 4.82. The molecule has 2 nitrogen and oxygen atoms in total. The molecule has 1 saturated heterocycles. The van der Waals surface area contributed by atoms with Crippen LogP contribution in [0.3, 0.4) is 0 Å². The molecule has 0 aromatic carbocycles. The van der Waals surface area contributed by atoms with Crippen LogP contribution in [0.25, 0.3) is 0 Å². The molecule has 2 unspecified atom stereocenters. The SMILES string of the molecule is [CH2]C(O)CC1CO1. The number of aliphatic hydroxyl groups is 1. The van der Waals surface area contributed by atoms with Crippen LogP contribution >= 0.6 is 0 Å². The van der Waals surface area contributed by atoms with E-state index < -0.39 is 6.10 Å². The number of rotatable bonds is 2. The van der Waals surface area contributed by atoms with Crippen LogP contribution in [-0.2, 0) is 4.74 Å². The molecular formula is C5H9O2. The van der Waals surface area contributed by atoms with Crippen LogP contribution in [0.1, 0.15) is 6.42 Å². The summed E-state index contributed by atoms with van der Waals surface area (Å²) in [5, 5.41) is 8.57. The minimum atomic E-state index is -0.438. The second kappa shape index (κ2) is 1.80. The molecule has 0 aromatic heterocycles. The molecule has 7 heavy (non-hydrogen) atoms. The van der Waals surface area contributed by atoms with Crippen molar-refractivity contribution in [3.05, 3.63) is 6.92 Å². The van der Waals surface area contributed by atoms with Crippen LogP contribution in [0.2, 0.25) is 0 Å². The first-order valence-corrected chi connectivity index (χ1v) is 2.42. The van der Waals surface area contributed by atoms with Gasteiger partial charge in [0, 0.05) is 6.42 Å². The molecule has 1 N–H and O–H groups in total. The molecule has 1 fully saturated rings. The van der Waals surface area contributed by atoms with Crippen molar-refractivity contribution >= 4 is 0 Å². The van der Waals surface area contributed by atoms with Crippen molar-refractivity contribution in [3.8, 4) is 0 Å². The first-order chi connectivity index (χ1) is 3.29. The van der Waals surface area contributed by atoms with E-state index in [9.17, 15) is 0 Å². The zero-order valence-corrected chi connectivity index (χ0v) is 4.13. The Labute approximate surface area is 43.1 Å². The smallest absolute Gasteiger partial charge is 0.0834 e.